The van der Waals surface area contributed by atoms with Crippen molar-refractivity contribution >= 4 is 18.3 Å². The van der Waals surface area contributed by atoms with Crippen molar-refractivity contribution in [2.24, 2.45) is 5.92 Å². The monoisotopic (exact) mass is 318 g/mol. The Balaban J connectivity index is 0.00000220. The maximum Gasteiger partial charge on any atom is 0.253 e. The minimum atomic E-state index is -0.974. The third-order valence-corrected chi connectivity index (χ3v) is 3.75. The SMILES string of the molecule is CCNCC1CCN(C(=O)c2ccc(F)c(F)c2)CC1.Cl. The van der Waals surface area contributed by atoms with Crippen LogP contribution in [0, 0.1) is 17.6 Å². The maximum absolute atomic E-state index is 13.2. The van der Waals surface area contributed by atoms with Crippen molar-refractivity contribution in [1.29, 1.82) is 0 Å². The molecule has 1 amide bonds. The molecule has 0 aromatic heterocycles. The Morgan fingerprint density at radius 1 is 1.29 bits per heavy atom. The first-order chi connectivity index (χ1) is 9.61. The van der Waals surface area contributed by atoms with Crippen LogP contribution in [0.4, 0.5) is 8.78 Å². The van der Waals surface area contributed by atoms with E-state index in [9.17, 15) is 13.6 Å². The molecule has 0 atom stereocenters. The van der Waals surface area contributed by atoms with Crippen LogP contribution in [0.25, 0.3) is 0 Å². The minimum absolute atomic E-state index is 0. The molecule has 0 unspecified atom stereocenters. The molecule has 0 radical (unpaired) electrons. The highest BCUT2D eigenvalue weighted by molar-refractivity contribution is 5.94. The van der Waals surface area contributed by atoms with Crippen LogP contribution in [0.3, 0.4) is 0 Å². The van der Waals surface area contributed by atoms with Crippen LogP contribution >= 0.6 is 12.4 Å². The number of amides is 1. The number of carbonyl (C=O) groups is 1. The van der Waals surface area contributed by atoms with E-state index in [4.69, 9.17) is 0 Å². The highest BCUT2D eigenvalue weighted by Gasteiger charge is 2.23. The fourth-order valence-corrected chi connectivity index (χ4v) is 2.50. The summed E-state index contributed by atoms with van der Waals surface area (Å²) in [4.78, 5) is 13.9. The van der Waals surface area contributed by atoms with Crippen LogP contribution in [0.2, 0.25) is 0 Å². The van der Waals surface area contributed by atoms with Crippen molar-refractivity contribution in [3.05, 3.63) is 35.4 Å². The quantitative estimate of drug-likeness (QED) is 0.926. The lowest BCUT2D eigenvalue weighted by Crippen LogP contribution is -2.40. The number of benzene rings is 1. The van der Waals surface area contributed by atoms with E-state index < -0.39 is 11.6 Å². The zero-order valence-corrected chi connectivity index (χ0v) is 12.9. The third kappa shape index (κ3) is 4.64. The predicted octanol–water partition coefficient (Wildman–Crippen LogP) is 2.85. The van der Waals surface area contributed by atoms with Crippen LogP contribution in [-0.4, -0.2) is 37.0 Å². The van der Waals surface area contributed by atoms with E-state index in [-0.39, 0.29) is 23.9 Å². The summed E-state index contributed by atoms with van der Waals surface area (Å²) in [5.74, 6) is -1.53. The van der Waals surface area contributed by atoms with Crippen LogP contribution in [0.1, 0.15) is 30.1 Å². The average Bonchev–Trinajstić information content (AvgIpc) is 2.48. The Morgan fingerprint density at radius 2 is 1.95 bits per heavy atom. The average molecular weight is 319 g/mol. The molecule has 1 heterocycles. The van der Waals surface area contributed by atoms with Gasteiger partial charge >= 0.3 is 0 Å². The number of nitrogens with one attached hydrogen (secondary N) is 1. The Morgan fingerprint density at radius 3 is 2.52 bits per heavy atom. The van der Waals surface area contributed by atoms with Gasteiger partial charge in [-0.3, -0.25) is 4.79 Å². The van der Waals surface area contributed by atoms with Crippen molar-refractivity contribution < 1.29 is 13.6 Å². The zero-order valence-electron chi connectivity index (χ0n) is 12.1. The van der Waals surface area contributed by atoms with Crippen molar-refractivity contribution in [2.45, 2.75) is 19.8 Å². The lowest BCUT2D eigenvalue weighted by Gasteiger charge is -2.32. The molecule has 1 aromatic carbocycles. The van der Waals surface area contributed by atoms with Gasteiger partial charge in [-0.05, 0) is 50.0 Å². The molecule has 0 bridgehead atoms. The highest BCUT2D eigenvalue weighted by Crippen LogP contribution is 2.19. The second-order valence-electron chi connectivity index (χ2n) is 5.17. The summed E-state index contributed by atoms with van der Waals surface area (Å²) in [7, 11) is 0. The van der Waals surface area contributed by atoms with Crippen molar-refractivity contribution in [3.8, 4) is 0 Å². The van der Waals surface area contributed by atoms with Gasteiger partial charge in [0, 0.05) is 18.7 Å². The van der Waals surface area contributed by atoms with Gasteiger partial charge in [0.15, 0.2) is 11.6 Å². The van der Waals surface area contributed by atoms with Crippen LogP contribution in [-0.2, 0) is 0 Å². The summed E-state index contributed by atoms with van der Waals surface area (Å²) in [5, 5.41) is 3.31. The molecule has 0 saturated carbocycles. The van der Waals surface area contributed by atoms with Gasteiger partial charge in [0.05, 0.1) is 0 Å². The number of hydrogen-bond donors (Lipinski definition) is 1. The molecular formula is C15H21ClF2N2O. The summed E-state index contributed by atoms with van der Waals surface area (Å²) in [6.07, 6.45) is 1.89. The van der Waals surface area contributed by atoms with Crippen LogP contribution in [0.5, 0.6) is 0 Å². The van der Waals surface area contributed by atoms with Gasteiger partial charge in [0.25, 0.3) is 5.91 Å². The molecule has 1 N–H and O–H groups in total. The van der Waals surface area contributed by atoms with E-state index in [0.29, 0.717) is 19.0 Å². The molecule has 0 aliphatic carbocycles. The zero-order chi connectivity index (χ0) is 14.5. The Labute approximate surface area is 130 Å². The normalized spacial score (nSPS) is 15.7. The van der Waals surface area contributed by atoms with Gasteiger partial charge in [-0.25, -0.2) is 8.78 Å². The molecule has 0 spiro atoms. The summed E-state index contributed by atoms with van der Waals surface area (Å²) < 4.78 is 26.0. The molecule has 118 valence electrons. The fraction of sp³-hybridized carbons (Fsp3) is 0.533. The van der Waals surface area contributed by atoms with E-state index in [1.165, 1.54) is 6.07 Å². The summed E-state index contributed by atoms with van der Waals surface area (Å²) in [6.45, 7) is 5.35. The predicted molar refractivity (Wildman–Crippen MR) is 80.8 cm³/mol. The standard InChI is InChI=1S/C15H20F2N2O.ClH/c1-2-18-10-11-5-7-19(8-6-11)15(20)12-3-4-13(16)14(17)9-12;/h3-4,9,11,18H,2,5-8,10H2,1H3;1H. The van der Waals surface area contributed by atoms with E-state index >= 15 is 0 Å². The Hall–Kier alpha value is -1.20. The van der Waals surface area contributed by atoms with Crippen molar-refractivity contribution in [1.82, 2.24) is 10.2 Å². The molecule has 21 heavy (non-hydrogen) atoms. The lowest BCUT2D eigenvalue weighted by atomic mass is 9.96. The second kappa shape index (κ2) is 8.29. The molecule has 1 aliphatic rings. The van der Waals surface area contributed by atoms with E-state index in [1.807, 2.05) is 0 Å². The molecule has 1 aliphatic heterocycles. The summed E-state index contributed by atoms with van der Waals surface area (Å²) in [6, 6.07) is 3.31. The molecule has 2 rings (SSSR count). The molecular weight excluding hydrogens is 298 g/mol. The maximum atomic E-state index is 13.2. The lowest BCUT2D eigenvalue weighted by molar-refractivity contribution is 0.0689. The van der Waals surface area contributed by atoms with Crippen molar-refractivity contribution in [3.63, 3.8) is 0 Å². The minimum Gasteiger partial charge on any atom is -0.339 e. The number of piperidine rings is 1. The highest BCUT2D eigenvalue weighted by atomic mass is 35.5. The Bertz CT molecular complexity index is 477. The number of likely N-dealkylation sites (tertiary alicyclic amines) is 1. The van der Waals surface area contributed by atoms with E-state index in [2.05, 4.69) is 12.2 Å². The van der Waals surface area contributed by atoms with Gasteiger partial charge in [-0.2, -0.15) is 0 Å². The van der Waals surface area contributed by atoms with E-state index in [1.54, 1.807) is 4.90 Å². The number of carbonyl (C=O) groups excluding carboxylic acids is 1. The molecule has 1 fully saturated rings. The molecule has 1 saturated heterocycles. The molecule has 3 nitrogen and oxygen atoms in total. The van der Waals surface area contributed by atoms with Gasteiger partial charge < -0.3 is 10.2 Å². The number of rotatable bonds is 4. The van der Waals surface area contributed by atoms with Gasteiger partial charge in [0.1, 0.15) is 0 Å². The van der Waals surface area contributed by atoms with E-state index in [0.717, 1.165) is 38.1 Å². The van der Waals surface area contributed by atoms with Crippen LogP contribution < -0.4 is 5.32 Å². The second-order valence-corrected chi connectivity index (χ2v) is 5.17. The van der Waals surface area contributed by atoms with Gasteiger partial charge in [-0.1, -0.05) is 6.92 Å². The number of nitrogens with zero attached hydrogens (tertiary/aromatic N) is 1. The molecule has 6 heteroatoms. The fourth-order valence-electron chi connectivity index (χ4n) is 2.50. The number of hydrogen-bond acceptors (Lipinski definition) is 2. The Kier molecular flexibility index (Phi) is 7.05. The smallest absolute Gasteiger partial charge is 0.253 e. The first-order valence-electron chi connectivity index (χ1n) is 7.07. The number of halogens is 3. The first kappa shape index (κ1) is 17.9. The largest absolute Gasteiger partial charge is 0.339 e. The van der Waals surface area contributed by atoms with Crippen LogP contribution in [0.15, 0.2) is 18.2 Å². The van der Waals surface area contributed by atoms with Gasteiger partial charge in [-0.15, -0.1) is 12.4 Å². The summed E-state index contributed by atoms with van der Waals surface area (Å²) >= 11 is 0. The third-order valence-electron chi connectivity index (χ3n) is 3.75. The van der Waals surface area contributed by atoms with Crippen molar-refractivity contribution in [2.75, 3.05) is 26.2 Å². The van der Waals surface area contributed by atoms with Gasteiger partial charge in [0.2, 0.25) is 0 Å². The first-order valence-corrected chi connectivity index (χ1v) is 7.07. The topological polar surface area (TPSA) is 32.3 Å². The summed E-state index contributed by atoms with van der Waals surface area (Å²) in [5.41, 5.74) is 0.217. The molecule has 1 aromatic rings.